The van der Waals surface area contributed by atoms with Crippen molar-refractivity contribution in [3.63, 3.8) is 0 Å². The minimum Gasteiger partial charge on any atom is -0.459 e. The van der Waals surface area contributed by atoms with Crippen molar-refractivity contribution < 1.29 is 14.3 Å². The number of amides is 1. The lowest BCUT2D eigenvalue weighted by molar-refractivity contribution is -0.115. The average Bonchev–Trinajstić information content (AvgIpc) is 3.18. The fraction of sp³-hybridized carbons (Fsp3) is 0.222. The largest absolute Gasteiger partial charge is 0.459 e. The summed E-state index contributed by atoms with van der Waals surface area (Å²) in [6, 6.07) is 9.26. The molecule has 3 rings (SSSR count). The highest BCUT2D eigenvalue weighted by Gasteiger charge is 2.12. The molecule has 0 saturated carbocycles. The molecule has 1 aromatic carbocycles. The number of benzene rings is 1. The molecule has 124 valence electrons. The maximum Gasteiger partial charge on any atom is 0.230 e. The summed E-state index contributed by atoms with van der Waals surface area (Å²) in [5.74, 6) is 1.41. The zero-order valence-corrected chi connectivity index (χ0v) is 14.3. The fourth-order valence-electron chi connectivity index (χ4n) is 2.31. The lowest BCUT2D eigenvalue weighted by Gasteiger charge is -2.09. The van der Waals surface area contributed by atoms with Crippen molar-refractivity contribution in [2.75, 3.05) is 5.32 Å². The number of aryl methyl sites for hydroxylation is 2. The molecule has 0 bridgehead atoms. The molecule has 0 saturated heterocycles. The maximum atomic E-state index is 12.3. The number of furan rings is 1. The highest BCUT2D eigenvalue weighted by atomic mass is 32.1. The zero-order chi connectivity index (χ0) is 17.1. The minimum absolute atomic E-state index is 0.0544. The number of anilines is 1. The highest BCUT2D eigenvalue weighted by Crippen LogP contribution is 2.26. The first-order valence-corrected chi connectivity index (χ1v) is 8.44. The van der Waals surface area contributed by atoms with Crippen LogP contribution in [0.15, 0.2) is 40.1 Å². The molecule has 0 atom stereocenters. The normalized spacial score (nSPS) is 10.8. The van der Waals surface area contributed by atoms with Gasteiger partial charge in [-0.1, -0.05) is 12.1 Å². The number of carbonyl (C=O) groups is 1. The molecule has 2 heterocycles. The predicted molar refractivity (Wildman–Crippen MR) is 94.0 cm³/mol. The van der Waals surface area contributed by atoms with Crippen LogP contribution in [-0.4, -0.2) is 16.0 Å². The molecule has 2 aromatic heterocycles. The topological polar surface area (TPSA) is 75.4 Å². The van der Waals surface area contributed by atoms with E-state index in [-0.39, 0.29) is 18.9 Å². The molecule has 0 spiro atoms. The second-order valence-corrected chi connectivity index (χ2v) is 6.44. The van der Waals surface area contributed by atoms with Gasteiger partial charge in [0.2, 0.25) is 5.91 Å². The smallest absolute Gasteiger partial charge is 0.230 e. The first kappa shape index (κ1) is 16.4. The third kappa shape index (κ3) is 3.72. The van der Waals surface area contributed by atoms with Gasteiger partial charge in [0.15, 0.2) is 10.8 Å². The van der Waals surface area contributed by atoms with Crippen LogP contribution in [-0.2, 0) is 17.8 Å². The van der Waals surface area contributed by atoms with Crippen LogP contribution in [0.3, 0.4) is 0 Å². The van der Waals surface area contributed by atoms with Crippen LogP contribution in [0.5, 0.6) is 0 Å². The van der Waals surface area contributed by atoms with Crippen LogP contribution in [0.2, 0.25) is 0 Å². The van der Waals surface area contributed by atoms with Crippen molar-refractivity contribution in [3.8, 4) is 10.8 Å². The number of hydrogen-bond acceptors (Lipinski definition) is 5. The van der Waals surface area contributed by atoms with Gasteiger partial charge in [0, 0.05) is 11.1 Å². The Kier molecular flexibility index (Phi) is 4.78. The van der Waals surface area contributed by atoms with Gasteiger partial charge in [-0.3, -0.25) is 4.79 Å². The van der Waals surface area contributed by atoms with Crippen LogP contribution < -0.4 is 5.32 Å². The number of nitrogens with one attached hydrogen (secondary N) is 1. The van der Waals surface area contributed by atoms with Crippen LogP contribution in [0.25, 0.3) is 10.8 Å². The SMILES string of the molecule is Cc1ccc(-c2nc(CC(=O)Nc3cc(CO)ccc3C)cs2)o1. The van der Waals surface area contributed by atoms with Crippen molar-refractivity contribution in [3.05, 3.63) is 58.3 Å². The van der Waals surface area contributed by atoms with Crippen molar-refractivity contribution in [1.29, 1.82) is 0 Å². The monoisotopic (exact) mass is 342 g/mol. The standard InChI is InChI=1S/C18H18N2O3S/c1-11-3-5-13(9-21)7-15(11)20-17(22)8-14-10-24-18(19-14)16-6-4-12(2)23-16/h3-7,10,21H,8-9H2,1-2H3,(H,20,22). The van der Waals surface area contributed by atoms with E-state index < -0.39 is 0 Å². The van der Waals surface area contributed by atoms with Gasteiger partial charge < -0.3 is 14.8 Å². The van der Waals surface area contributed by atoms with E-state index in [1.807, 2.05) is 43.5 Å². The lowest BCUT2D eigenvalue weighted by atomic mass is 10.1. The molecule has 0 radical (unpaired) electrons. The number of thiazole rings is 1. The summed E-state index contributed by atoms with van der Waals surface area (Å²) < 4.78 is 5.55. The molecule has 24 heavy (non-hydrogen) atoms. The van der Waals surface area contributed by atoms with Crippen molar-refractivity contribution in [2.45, 2.75) is 26.9 Å². The van der Waals surface area contributed by atoms with Crippen LogP contribution in [0.4, 0.5) is 5.69 Å². The van der Waals surface area contributed by atoms with E-state index in [2.05, 4.69) is 10.3 Å². The van der Waals surface area contributed by atoms with Crippen molar-refractivity contribution >= 4 is 22.9 Å². The van der Waals surface area contributed by atoms with Gasteiger partial charge in [-0.2, -0.15) is 0 Å². The predicted octanol–water partition coefficient (Wildman–Crippen LogP) is 3.69. The van der Waals surface area contributed by atoms with E-state index in [4.69, 9.17) is 4.42 Å². The minimum atomic E-state index is -0.138. The van der Waals surface area contributed by atoms with Gasteiger partial charge >= 0.3 is 0 Å². The Morgan fingerprint density at radius 2 is 2.12 bits per heavy atom. The average molecular weight is 342 g/mol. The second-order valence-electron chi connectivity index (χ2n) is 5.59. The zero-order valence-electron chi connectivity index (χ0n) is 13.5. The molecule has 0 aliphatic heterocycles. The van der Waals surface area contributed by atoms with Gasteiger partial charge in [-0.25, -0.2) is 4.98 Å². The van der Waals surface area contributed by atoms with E-state index in [9.17, 15) is 9.90 Å². The molecule has 0 fully saturated rings. The maximum absolute atomic E-state index is 12.3. The van der Waals surface area contributed by atoms with Crippen molar-refractivity contribution in [1.82, 2.24) is 4.98 Å². The summed E-state index contributed by atoms with van der Waals surface area (Å²) in [4.78, 5) is 16.7. The molecule has 0 aliphatic carbocycles. The van der Waals surface area contributed by atoms with Crippen LogP contribution in [0, 0.1) is 13.8 Å². The third-order valence-corrected chi connectivity index (χ3v) is 4.51. The van der Waals surface area contributed by atoms with Gasteiger partial charge in [0.05, 0.1) is 18.7 Å². The van der Waals surface area contributed by atoms with E-state index in [1.165, 1.54) is 11.3 Å². The van der Waals surface area contributed by atoms with Crippen LogP contribution >= 0.6 is 11.3 Å². The summed E-state index contributed by atoms with van der Waals surface area (Å²) in [6.07, 6.45) is 0.193. The Hall–Kier alpha value is -2.44. The first-order valence-electron chi connectivity index (χ1n) is 7.56. The molecular formula is C18H18N2O3S. The summed E-state index contributed by atoms with van der Waals surface area (Å²) in [5.41, 5.74) is 3.13. The van der Waals surface area contributed by atoms with E-state index in [0.717, 1.165) is 27.7 Å². The number of nitrogens with zero attached hydrogens (tertiary/aromatic N) is 1. The molecule has 0 aliphatic rings. The molecule has 6 heteroatoms. The molecular weight excluding hydrogens is 324 g/mol. The first-order chi connectivity index (χ1) is 11.5. The molecule has 3 aromatic rings. The third-order valence-electron chi connectivity index (χ3n) is 3.60. The molecule has 1 amide bonds. The number of carbonyl (C=O) groups excluding carboxylic acids is 1. The van der Waals surface area contributed by atoms with Gasteiger partial charge in [0.25, 0.3) is 0 Å². The highest BCUT2D eigenvalue weighted by molar-refractivity contribution is 7.13. The van der Waals surface area contributed by atoms with Gasteiger partial charge in [-0.05, 0) is 43.2 Å². The number of rotatable bonds is 5. The number of aromatic nitrogens is 1. The van der Waals surface area contributed by atoms with Gasteiger partial charge in [0.1, 0.15) is 5.76 Å². The Bertz CT molecular complexity index is 867. The lowest BCUT2D eigenvalue weighted by Crippen LogP contribution is -2.15. The van der Waals surface area contributed by atoms with E-state index in [1.54, 1.807) is 6.07 Å². The Labute approximate surface area is 144 Å². The fourth-order valence-corrected chi connectivity index (χ4v) is 3.09. The summed E-state index contributed by atoms with van der Waals surface area (Å²) in [5, 5.41) is 14.7. The Morgan fingerprint density at radius 1 is 1.29 bits per heavy atom. The number of hydrogen-bond donors (Lipinski definition) is 2. The quantitative estimate of drug-likeness (QED) is 0.741. The van der Waals surface area contributed by atoms with E-state index >= 15 is 0 Å². The summed E-state index contributed by atoms with van der Waals surface area (Å²) in [7, 11) is 0. The van der Waals surface area contributed by atoms with Crippen LogP contribution in [0.1, 0.15) is 22.6 Å². The van der Waals surface area contributed by atoms with Crippen molar-refractivity contribution in [2.24, 2.45) is 0 Å². The Morgan fingerprint density at radius 3 is 2.83 bits per heavy atom. The molecule has 0 unspecified atom stereocenters. The second kappa shape index (κ2) is 6.98. The molecule has 5 nitrogen and oxygen atoms in total. The summed E-state index contributed by atoms with van der Waals surface area (Å²) >= 11 is 1.46. The van der Waals surface area contributed by atoms with Gasteiger partial charge in [-0.15, -0.1) is 11.3 Å². The number of aliphatic hydroxyl groups is 1. The molecule has 2 N–H and O–H groups in total. The van der Waals surface area contributed by atoms with E-state index in [0.29, 0.717) is 11.4 Å². The number of aliphatic hydroxyl groups excluding tert-OH is 1. The Balaban J connectivity index is 1.68. The summed E-state index contributed by atoms with van der Waals surface area (Å²) in [6.45, 7) is 3.74.